The van der Waals surface area contributed by atoms with Gasteiger partial charge in [0.25, 0.3) is 5.91 Å². The molecular weight excluding hydrogens is 379 g/mol. The molecule has 1 saturated heterocycles. The smallest absolute Gasteiger partial charge is 0.262 e. The minimum Gasteiger partial charge on any atom is -0.381 e. The Morgan fingerprint density at radius 1 is 1.18 bits per heavy atom. The number of aryl methyl sites for hydroxylation is 1. The highest BCUT2D eigenvalue weighted by Gasteiger charge is 2.37. The first kappa shape index (κ1) is 19.1. The van der Waals surface area contributed by atoms with Crippen LogP contribution < -0.4 is 10.6 Å². The van der Waals surface area contributed by atoms with Crippen molar-refractivity contribution in [3.63, 3.8) is 0 Å². The lowest BCUT2D eigenvalue weighted by Crippen LogP contribution is -2.49. The Balaban J connectivity index is 1.55. The topological polar surface area (TPSA) is 67.4 Å². The summed E-state index contributed by atoms with van der Waals surface area (Å²) in [7, 11) is 0. The third-order valence-electron chi connectivity index (χ3n) is 5.41. The molecule has 1 aromatic carbocycles. The van der Waals surface area contributed by atoms with Crippen LogP contribution in [0, 0.1) is 18.7 Å². The fraction of sp³-hybridized carbons (Fsp3) is 0.429. The maximum absolute atomic E-state index is 13.4. The Bertz CT molecular complexity index is 884. The summed E-state index contributed by atoms with van der Waals surface area (Å²) in [4.78, 5) is 25.7. The quantitative estimate of drug-likeness (QED) is 0.795. The molecule has 2 aliphatic rings. The van der Waals surface area contributed by atoms with E-state index in [1.54, 1.807) is 12.1 Å². The summed E-state index contributed by atoms with van der Waals surface area (Å²) in [5.41, 5.74) is 1.12. The number of amides is 2. The van der Waals surface area contributed by atoms with Crippen LogP contribution in [0.4, 0.5) is 9.39 Å². The SMILES string of the molecule is Cc1cc(NC(=O)C2CC2)sc1C(=O)NC1(c2ccc(F)cc2)CCOCC1. The van der Waals surface area contributed by atoms with Crippen LogP contribution in [-0.2, 0) is 15.1 Å². The lowest BCUT2D eigenvalue weighted by Gasteiger charge is -2.38. The molecule has 2 amide bonds. The number of nitrogens with one attached hydrogen (secondary N) is 2. The van der Waals surface area contributed by atoms with Crippen molar-refractivity contribution in [1.82, 2.24) is 5.32 Å². The monoisotopic (exact) mass is 402 g/mol. The molecule has 4 rings (SSSR count). The van der Waals surface area contributed by atoms with E-state index < -0.39 is 5.54 Å². The number of rotatable bonds is 5. The van der Waals surface area contributed by atoms with Crippen LogP contribution in [0.25, 0.3) is 0 Å². The van der Waals surface area contributed by atoms with Gasteiger partial charge in [-0.25, -0.2) is 4.39 Å². The number of carbonyl (C=O) groups excluding carboxylic acids is 2. The maximum Gasteiger partial charge on any atom is 0.262 e. The zero-order valence-corrected chi connectivity index (χ0v) is 16.5. The standard InChI is InChI=1S/C21H23FN2O3S/c1-13-12-17(23-19(25)14-2-3-14)28-18(13)20(26)24-21(8-10-27-11-9-21)15-4-6-16(22)7-5-15/h4-7,12,14H,2-3,8-11H2,1H3,(H,23,25)(H,24,26). The Labute approximate surface area is 167 Å². The molecule has 0 unspecified atom stereocenters. The van der Waals surface area contributed by atoms with Crippen molar-refractivity contribution in [3.05, 3.63) is 52.2 Å². The number of thiophene rings is 1. The molecule has 28 heavy (non-hydrogen) atoms. The fourth-order valence-corrected chi connectivity index (χ4v) is 4.56. The predicted molar refractivity (Wildman–Crippen MR) is 106 cm³/mol. The fourth-order valence-electron chi connectivity index (χ4n) is 3.59. The van der Waals surface area contributed by atoms with Crippen LogP contribution in [0.15, 0.2) is 30.3 Å². The molecule has 1 aliphatic carbocycles. The molecule has 148 valence electrons. The molecule has 0 radical (unpaired) electrons. The molecule has 5 nitrogen and oxygen atoms in total. The molecule has 2 N–H and O–H groups in total. The third kappa shape index (κ3) is 3.95. The molecule has 2 fully saturated rings. The van der Waals surface area contributed by atoms with Gasteiger partial charge in [-0.2, -0.15) is 0 Å². The van der Waals surface area contributed by atoms with Crippen LogP contribution in [0.1, 0.15) is 46.5 Å². The van der Waals surface area contributed by atoms with Crippen molar-refractivity contribution >= 4 is 28.2 Å². The first-order valence-corrected chi connectivity index (χ1v) is 10.4. The van der Waals surface area contributed by atoms with Gasteiger partial charge in [0.05, 0.1) is 15.4 Å². The highest BCUT2D eigenvalue weighted by Crippen LogP contribution is 2.35. The minimum absolute atomic E-state index is 0.0282. The van der Waals surface area contributed by atoms with Crippen molar-refractivity contribution in [2.45, 2.75) is 38.1 Å². The van der Waals surface area contributed by atoms with Gasteiger partial charge in [-0.05, 0) is 61.9 Å². The van der Waals surface area contributed by atoms with Gasteiger partial charge >= 0.3 is 0 Å². The first-order chi connectivity index (χ1) is 13.5. The number of anilines is 1. The second kappa shape index (κ2) is 7.64. The van der Waals surface area contributed by atoms with E-state index in [4.69, 9.17) is 4.74 Å². The van der Waals surface area contributed by atoms with E-state index >= 15 is 0 Å². The molecular formula is C21H23FN2O3S. The van der Waals surface area contributed by atoms with Gasteiger partial charge in [-0.1, -0.05) is 12.1 Å². The van der Waals surface area contributed by atoms with E-state index in [-0.39, 0.29) is 23.5 Å². The van der Waals surface area contributed by atoms with Crippen LogP contribution in [0.3, 0.4) is 0 Å². The van der Waals surface area contributed by atoms with Crippen molar-refractivity contribution in [2.75, 3.05) is 18.5 Å². The molecule has 1 aromatic heterocycles. The first-order valence-electron chi connectivity index (χ1n) is 9.54. The van der Waals surface area contributed by atoms with Crippen LogP contribution >= 0.6 is 11.3 Å². The molecule has 0 spiro atoms. The number of ether oxygens (including phenoxy) is 1. The summed E-state index contributed by atoms with van der Waals surface area (Å²) in [5.74, 6) is -0.341. The maximum atomic E-state index is 13.4. The summed E-state index contributed by atoms with van der Waals surface area (Å²) in [5, 5.41) is 6.79. The zero-order chi connectivity index (χ0) is 19.7. The van der Waals surface area contributed by atoms with Gasteiger partial charge in [-0.15, -0.1) is 11.3 Å². The normalized spacial score (nSPS) is 18.5. The predicted octanol–water partition coefficient (Wildman–Crippen LogP) is 3.98. The molecule has 1 saturated carbocycles. The van der Waals surface area contributed by atoms with Crippen LogP contribution in [-0.4, -0.2) is 25.0 Å². The van der Waals surface area contributed by atoms with Gasteiger partial charge in [0.15, 0.2) is 0 Å². The average molecular weight is 402 g/mol. The highest BCUT2D eigenvalue weighted by atomic mass is 32.1. The summed E-state index contributed by atoms with van der Waals surface area (Å²) < 4.78 is 18.9. The van der Waals surface area contributed by atoms with Gasteiger partial charge in [0.1, 0.15) is 5.82 Å². The summed E-state index contributed by atoms with van der Waals surface area (Å²) in [6, 6.07) is 8.13. The minimum atomic E-state index is -0.586. The molecule has 0 atom stereocenters. The van der Waals surface area contributed by atoms with Crippen LogP contribution in [0.5, 0.6) is 0 Å². The van der Waals surface area contributed by atoms with Crippen molar-refractivity contribution in [3.8, 4) is 0 Å². The average Bonchev–Trinajstić information content (AvgIpc) is 3.46. The summed E-state index contributed by atoms with van der Waals surface area (Å²) in [6.07, 6.45) is 3.12. The Morgan fingerprint density at radius 2 is 1.86 bits per heavy atom. The van der Waals surface area contributed by atoms with Crippen molar-refractivity contribution < 1.29 is 18.7 Å². The van der Waals surface area contributed by atoms with Gasteiger partial charge in [0.2, 0.25) is 5.91 Å². The van der Waals surface area contributed by atoms with E-state index in [1.807, 2.05) is 13.0 Å². The number of hydrogen-bond acceptors (Lipinski definition) is 4. The van der Waals surface area contributed by atoms with E-state index in [0.717, 1.165) is 24.0 Å². The number of hydrogen-bond donors (Lipinski definition) is 2. The van der Waals surface area contributed by atoms with E-state index in [2.05, 4.69) is 10.6 Å². The summed E-state index contributed by atoms with van der Waals surface area (Å²) in [6.45, 7) is 2.93. The number of benzene rings is 1. The highest BCUT2D eigenvalue weighted by molar-refractivity contribution is 7.18. The van der Waals surface area contributed by atoms with Crippen molar-refractivity contribution in [2.24, 2.45) is 5.92 Å². The molecule has 2 heterocycles. The van der Waals surface area contributed by atoms with Gasteiger partial charge < -0.3 is 15.4 Å². The molecule has 0 bridgehead atoms. The van der Waals surface area contributed by atoms with E-state index in [1.165, 1.54) is 23.5 Å². The lowest BCUT2D eigenvalue weighted by atomic mass is 9.82. The Hall–Kier alpha value is -2.25. The second-order valence-corrected chi connectivity index (χ2v) is 8.59. The van der Waals surface area contributed by atoms with Crippen LogP contribution in [0.2, 0.25) is 0 Å². The van der Waals surface area contributed by atoms with E-state index in [9.17, 15) is 14.0 Å². The Morgan fingerprint density at radius 3 is 2.50 bits per heavy atom. The van der Waals surface area contributed by atoms with Gasteiger partial charge in [0, 0.05) is 19.1 Å². The lowest BCUT2D eigenvalue weighted by molar-refractivity contribution is -0.117. The summed E-state index contributed by atoms with van der Waals surface area (Å²) >= 11 is 1.29. The molecule has 7 heteroatoms. The Kier molecular flexibility index (Phi) is 5.21. The van der Waals surface area contributed by atoms with Crippen molar-refractivity contribution in [1.29, 1.82) is 0 Å². The number of carbonyl (C=O) groups is 2. The third-order valence-corrected chi connectivity index (χ3v) is 6.57. The number of halogens is 1. The molecule has 2 aromatic rings. The van der Waals surface area contributed by atoms with E-state index in [0.29, 0.717) is 35.9 Å². The largest absolute Gasteiger partial charge is 0.381 e. The zero-order valence-electron chi connectivity index (χ0n) is 15.7. The molecule has 1 aliphatic heterocycles. The second-order valence-electron chi connectivity index (χ2n) is 7.54. The van der Waals surface area contributed by atoms with Gasteiger partial charge in [-0.3, -0.25) is 9.59 Å².